The summed E-state index contributed by atoms with van der Waals surface area (Å²) in [6.07, 6.45) is 3.32. The molecule has 3 aliphatic heterocycles. The molecule has 0 aliphatic carbocycles. The first-order chi connectivity index (χ1) is 14.2. The SMILES string of the molecule is Fc1ccc(F)c([C@@H]2CCC(N3Cc4cn(SN5CCOCC5)nc4C3)CO2)c1. The number of hydrogen-bond donors (Lipinski definition) is 0. The summed E-state index contributed by atoms with van der Waals surface area (Å²) in [7, 11) is 0. The monoisotopic (exact) mass is 422 g/mol. The quantitative estimate of drug-likeness (QED) is 0.706. The van der Waals surface area contributed by atoms with Gasteiger partial charge in [0.1, 0.15) is 11.6 Å². The molecule has 0 N–H and O–H groups in total. The Balaban J connectivity index is 1.16. The molecule has 156 valence electrons. The highest BCUT2D eigenvalue weighted by Crippen LogP contribution is 2.34. The molecule has 2 fully saturated rings. The molecule has 29 heavy (non-hydrogen) atoms. The number of hydrogen-bond acceptors (Lipinski definition) is 6. The predicted molar refractivity (Wildman–Crippen MR) is 105 cm³/mol. The lowest BCUT2D eigenvalue weighted by molar-refractivity contribution is -0.0413. The Kier molecular flexibility index (Phi) is 5.57. The standard InChI is InChI=1S/C20H24F2N4O2S/c21-15-1-3-18(22)17(9-15)20-4-2-16(13-28-20)24-10-14-11-26(23-19(14)12-24)29-25-5-7-27-8-6-25/h1,3,9,11,16,20H,2,4-8,10,12-13H2/t16?,20-/m0/s1. The maximum atomic E-state index is 14.0. The molecule has 1 unspecified atom stereocenters. The molecule has 9 heteroatoms. The van der Waals surface area contributed by atoms with Crippen LogP contribution in [-0.4, -0.2) is 57.3 Å². The van der Waals surface area contributed by atoms with Crippen LogP contribution in [0.4, 0.5) is 8.78 Å². The van der Waals surface area contributed by atoms with Gasteiger partial charge in [0.2, 0.25) is 0 Å². The molecule has 4 heterocycles. The van der Waals surface area contributed by atoms with Crippen molar-refractivity contribution in [3.63, 3.8) is 0 Å². The van der Waals surface area contributed by atoms with Crippen molar-refractivity contribution >= 4 is 12.1 Å². The number of morpholine rings is 1. The third-order valence-electron chi connectivity index (χ3n) is 5.82. The minimum absolute atomic E-state index is 0.275. The number of ether oxygens (including phenoxy) is 2. The Labute approximate surface area is 173 Å². The molecule has 1 aromatic heterocycles. The van der Waals surface area contributed by atoms with Crippen LogP contribution >= 0.6 is 12.1 Å². The number of fused-ring (bicyclic) bond motifs is 1. The van der Waals surface area contributed by atoms with Crippen molar-refractivity contribution in [2.75, 3.05) is 32.9 Å². The fourth-order valence-corrected chi connectivity index (χ4v) is 5.09. The second kappa shape index (κ2) is 8.31. The Morgan fingerprint density at radius 2 is 1.97 bits per heavy atom. The number of rotatable bonds is 4. The van der Waals surface area contributed by atoms with E-state index in [0.717, 1.165) is 57.6 Å². The summed E-state index contributed by atoms with van der Waals surface area (Å²) in [4.78, 5) is 2.37. The summed E-state index contributed by atoms with van der Waals surface area (Å²) in [5.74, 6) is -0.827. The van der Waals surface area contributed by atoms with Crippen molar-refractivity contribution in [1.29, 1.82) is 0 Å². The van der Waals surface area contributed by atoms with Gasteiger partial charge in [-0.3, -0.25) is 4.90 Å². The lowest BCUT2D eigenvalue weighted by atomic mass is 9.97. The van der Waals surface area contributed by atoms with Crippen LogP contribution in [0.15, 0.2) is 24.4 Å². The van der Waals surface area contributed by atoms with E-state index in [2.05, 4.69) is 15.4 Å². The Hall–Kier alpha value is -1.52. The van der Waals surface area contributed by atoms with E-state index in [1.807, 2.05) is 4.09 Å². The van der Waals surface area contributed by atoms with Gasteiger partial charge in [-0.2, -0.15) is 9.19 Å². The molecule has 0 bridgehead atoms. The molecule has 2 atom stereocenters. The molecule has 1 aromatic carbocycles. The van der Waals surface area contributed by atoms with Gasteiger partial charge in [0.05, 0.1) is 43.8 Å². The summed E-state index contributed by atoms with van der Waals surface area (Å²) in [6, 6.07) is 3.84. The first kappa shape index (κ1) is 19.4. The van der Waals surface area contributed by atoms with Crippen LogP contribution in [0.3, 0.4) is 0 Å². The second-order valence-corrected chi connectivity index (χ2v) is 8.80. The molecule has 2 aromatic rings. The van der Waals surface area contributed by atoms with Crippen LogP contribution in [0.1, 0.15) is 35.8 Å². The summed E-state index contributed by atoms with van der Waals surface area (Å²) in [5.41, 5.74) is 2.69. The summed E-state index contributed by atoms with van der Waals surface area (Å²) in [5, 5.41) is 4.74. The van der Waals surface area contributed by atoms with E-state index in [0.29, 0.717) is 18.6 Å². The minimum atomic E-state index is -0.427. The predicted octanol–water partition coefficient (Wildman–Crippen LogP) is 3.14. The number of nitrogens with zero attached hydrogens (tertiary/aromatic N) is 4. The first-order valence-corrected chi connectivity index (χ1v) is 10.8. The zero-order chi connectivity index (χ0) is 19.8. The van der Waals surface area contributed by atoms with Crippen LogP contribution in [-0.2, 0) is 22.6 Å². The summed E-state index contributed by atoms with van der Waals surface area (Å²) < 4.78 is 43.0. The fourth-order valence-electron chi connectivity index (χ4n) is 4.23. The molecule has 0 saturated carbocycles. The molecule has 6 nitrogen and oxygen atoms in total. The number of aromatic nitrogens is 2. The topological polar surface area (TPSA) is 42.8 Å². The lowest BCUT2D eigenvalue weighted by Crippen LogP contribution is -2.38. The van der Waals surface area contributed by atoms with Gasteiger partial charge in [-0.25, -0.2) is 13.1 Å². The van der Waals surface area contributed by atoms with Gasteiger partial charge in [-0.1, -0.05) is 0 Å². The van der Waals surface area contributed by atoms with Gasteiger partial charge < -0.3 is 9.47 Å². The average Bonchev–Trinajstić information content (AvgIpc) is 3.29. The van der Waals surface area contributed by atoms with Gasteiger partial charge in [0, 0.05) is 49.5 Å². The van der Waals surface area contributed by atoms with E-state index in [4.69, 9.17) is 14.6 Å². The molecule has 5 rings (SSSR count). The van der Waals surface area contributed by atoms with Gasteiger partial charge in [0.15, 0.2) is 0 Å². The van der Waals surface area contributed by atoms with Crippen LogP contribution in [0.5, 0.6) is 0 Å². The summed E-state index contributed by atoms with van der Waals surface area (Å²) >= 11 is 1.64. The van der Waals surface area contributed by atoms with E-state index in [1.54, 1.807) is 12.1 Å². The van der Waals surface area contributed by atoms with Crippen LogP contribution < -0.4 is 0 Å². The molecule has 0 spiro atoms. The molecule has 0 amide bonds. The molecular formula is C20H24F2N4O2S. The van der Waals surface area contributed by atoms with Gasteiger partial charge in [-0.15, -0.1) is 0 Å². The van der Waals surface area contributed by atoms with Gasteiger partial charge >= 0.3 is 0 Å². The highest BCUT2D eigenvalue weighted by Gasteiger charge is 2.33. The minimum Gasteiger partial charge on any atom is -0.379 e. The average molecular weight is 423 g/mol. The largest absolute Gasteiger partial charge is 0.379 e. The van der Waals surface area contributed by atoms with Crippen molar-refractivity contribution in [3.05, 3.63) is 52.9 Å². The van der Waals surface area contributed by atoms with Crippen molar-refractivity contribution in [1.82, 2.24) is 18.4 Å². The number of halogens is 2. The maximum absolute atomic E-state index is 14.0. The normalized spacial score (nSPS) is 26.0. The first-order valence-electron chi connectivity index (χ1n) is 10.0. The molecule has 0 radical (unpaired) electrons. The molecule has 3 aliphatic rings. The highest BCUT2D eigenvalue weighted by molar-refractivity contribution is 7.95. The van der Waals surface area contributed by atoms with Crippen molar-refractivity contribution < 1.29 is 18.3 Å². The highest BCUT2D eigenvalue weighted by atomic mass is 32.2. The maximum Gasteiger partial charge on any atom is 0.129 e. The third kappa shape index (κ3) is 4.20. The third-order valence-corrected chi connectivity index (χ3v) is 6.78. The van der Waals surface area contributed by atoms with E-state index < -0.39 is 11.6 Å². The van der Waals surface area contributed by atoms with E-state index in [1.165, 1.54) is 17.7 Å². The zero-order valence-corrected chi connectivity index (χ0v) is 16.9. The molecular weight excluding hydrogens is 398 g/mol. The van der Waals surface area contributed by atoms with Crippen molar-refractivity contribution in [3.8, 4) is 0 Å². The fraction of sp³-hybridized carbons (Fsp3) is 0.550. The Bertz CT molecular complexity index is 843. The van der Waals surface area contributed by atoms with Crippen molar-refractivity contribution in [2.45, 2.75) is 38.1 Å². The van der Waals surface area contributed by atoms with E-state index in [9.17, 15) is 8.78 Å². The number of benzene rings is 1. The smallest absolute Gasteiger partial charge is 0.129 e. The second-order valence-electron chi connectivity index (χ2n) is 7.75. The Morgan fingerprint density at radius 1 is 1.10 bits per heavy atom. The van der Waals surface area contributed by atoms with Crippen LogP contribution in [0, 0.1) is 11.6 Å². The lowest BCUT2D eigenvalue weighted by Gasteiger charge is -2.34. The Morgan fingerprint density at radius 3 is 2.72 bits per heavy atom. The van der Waals surface area contributed by atoms with E-state index >= 15 is 0 Å². The van der Waals surface area contributed by atoms with E-state index in [-0.39, 0.29) is 12.1 Å². The van der Waals surface area contributed by atoms with Crippen LogP contribution in [0.2, 0.25) is 0 Å². The van der Waals surface area contributed by atoms with Gasteiger partial charge in [-0.05, 0) is 31.0 Å². The van der Waals surface area contributed by atoms with Crippen LogP contribution in [0.25, 0.3) is 0 Å². The van der Waals surface area contributed by atoms with Gasteiger partial charge in [0.25, 0.3) is 0 Å². The summed E-state index contributed by atoms with van der Waals surface area (Å²) in [6.45, 7) is 5.54. The molecule has 2 saturated heterocycles. The van der Waals surface area contributed by atoms with Crippen molar-refractivity contribution in [2.24, 2.45) is 0 Å². The zero-order valence-electron chi connectivity index (χ0n) is 16.1.